The van der Waals surface area contributed by atoms with E-state index in [1.807, 2.05) is 43.3 Å². The average molecular weight is 465 g/mol. The Morgan fingerprint density at radius 3 is 2.76 bits per heavy atom. The number of amides is 2. The minimum Gasteiger partial charge on any atom is -0.495 e. The Bertz CT molecular complexity index is 1190. The van der Waals surface area contributed by atoms with Crippen LogP contribution in [0, 0.1) is 6.92 Å². The van der Waals surface area contributed by atoms with Crippen molar-refractivity contribution in [1.82, 2.24) is 14.8 Å². The van der Waals surface area contributed by atoms with Crippen LogP contribution in [0.2, 0.25) is 0 Å². The fourth-order valence-electron chi connectivity index (χ4n) is 4.19. The number of carbonyl (C=O) groups excluding carboxylic acids is 1. The minimum atomic E-state index is -0.269. The summed E-state index contributed by atoms with van der Waals surface area (Å²) in [6.45, 7) is 6.87. The number of benzene rings is 2. The topological polar surface area (TPSA) is 86.9 Å². The number of methoxy groups -OCH3 is 1. The summed E-state index contributed by atoms with van der Waals surface area (Å²) >= 11 is 0. The minimum absolute atomic E-state index is 0.179. The zero-order valence-corrected chi connectivity index (χ0v) is 19.8. The number of anilines is 1. The van der Waals surface area contributed by atoms with Crippen molar-refractivity contribution in [2.45, 2.75) is 19.9 Å². The normalized spacial score (nSPS) is 14.2. The molecule has 0 bridgehead atoms. The van der Waals surface area contributed by atoms with Gasteiger partial charge in [0.1, 0.15) is 5.75 Å². The van der Waals surface area contributed by atoms with Crippen molar-refractivity contribution in [2.24, 2.45) is 0 Å². The first-order chi connectivity index (χ1) is 16.5. The van der Waals surface area contributed by atoms with E-state index < -0.39 is 0 Å². The molecule has 2 heterocycles. The number of pyridine rings is 1. The van der Waals surface area contributed by atoms with Gasteiger partial charge in [-0.05, 0) is 48.6 Å². The predicted molar refractivity (Wildman–Crippen MR) is 134 cm³/mol. The van der Waals surface area contributed by atoms with Crippen LogP contribution in [0.5, 0.6) is 5.75 Å². The molecule has 8 nitrogen and oxygen atoms in total. The van der Waals surface area contributed by atoms with E-state index >= 15 is 0 Å². The number of hydrogen-bond acceptors (Lipinski definition) is 5. The van der Waals surface area contributed by atoms with E-state index in [1.165, 1.54) is 0 Å². The number of nitrogens with one attached hydrogen (secondary N) is 2. The molecule has 4 rings (SSSR count). The lowest BCUT2D eigenvalue weighted by molar-refractivity contribution is 0.0365. The number of fused-ring (bicyclic) bond motifs is 1. The third kappa shape index (κ3) is 5.95. The van der Waals surface area contributed by atoms with Gasteiger partial charge < -0.3 is 24.7 Å². The van der Waals surface area contributed by atoms with Crippen LogP contribution in [0.3, 0.4) is 0 Å². The maximum atomic E-state index is 13.3. The number of carbonyl (C=O) groups is 1. The average Bonchev–Trinajstić information content (AvgIpc) is 2.84. The zero-order valence-electron chi connectivity index (χ0n) is 19.8. The Hall–Kier alpha value is -3.36. The second-order valence-electron chi connectivity index (χ2n) is 8.57. The zero-order chi connectivity index (χ0) is 23.9. The van der Waals surface area contributed by atoms with Crippen LogP contribution in [0.1, 0.15) is 17.5 Å². The summed E-state index contributed by atoms with van der Waals surface area (Å²) in [7, 11) is 1.57. The molecule has 1 aliphatic heterocycles. The summed E-state index contributed by atoms with van der Waals surface area (Å²) in [4.78, 5) is 33.1. The Labute approximate surface area is 199 Å². The maximum Gasteiger partial charge on any atom is 0.322 e. The fraction of sp³-hybridized carbons (Fsp3) is 0.385. The number of rotatable bonds is 8. The van der Waals surface area contributed by atoms with Crippen molar-refractivity contribution < 1.29 is 14.3 Å². The molecule has 2 aromatic carbocycles. The Balaban J connectivity index is 1.53. The molecule has 34 heavy (non-hydrogen) atoms. The molecule has 1 aromatic heterocycles. The van der Waals surface area contributed by atoms with E-state index in [1.54, 1.807) is 24.1 Å². The molecule has 1 aliphatic rings. The number of aromatic amines is 1. The van der Waals surface area contributed by atoms with Crippen LogP contribution >= 0.6 is 0 Å². The van der Waals surface area contributed by atoms with Gasteiger partial charge in [-0.3, -0.25) is 9.69 Å². The molecule has 8 heteroatoms. The maximum absolute atomic E-state index is 13.3. The van der Waals surface area contributed by atoms with Gasteiger partial charge in [-0.15, -0.1) is 0 Å². The molecule has 2 N–H and O–H groups in total. The highest BCUT2D eigenvalue weighted by Crippen LogP contribution is 2.24. The van der Waals surface area contributed by atoms with E-state index in [4.69, 9.17) is 9.47 Å². The lowest BCUT2D eigenvalue weighted by Gasteiger charge is -2.28. The van der Waals surface area contributed by atoms with Crippen molar-refractivity contribution in [2.75, 3.05) is 51.8 Å². The highest BCUT2D eigenvalue weighted by atomic mass is 16.5. The summed E-state index contributed by atoms with van der Waals surface area (Å²) in [6.07, 6.45) is 0.796. The number of ether oxygens (including phenoxy) is 2. The van der Waals surface area contributed by atoms with Crippen LogP contribution in [-0.4, -0.2) is 67.3 Å². The lowest BCUT2D eigenvalue weighted by atomic mass is 10.1. The highest BCUT2D eigenvalue weighted by Gasteiger charge is 2.19. The summed E-state index contributed by atoms with van der Waals surface area (Å²) < 4.78 is 10.8. The summed E-state index contributed by atoms with van der Waals surface area (Å²) in [5.74, 6) is 0.586. The highest BCUT2D eigenvalue weighted by molar-refractivity contribution is 5.91. The van der Waals surface area contributed by atoms with Gasteiger partial charge in [0.25, 0.3) is 5.56 Å². The molecule has 0 spiro atoms. The summed E-state index contributed by atoms with van der Waals surface area (Å²) in [5.41, 5.74) is 2.85. The second kappa shape index (κ2) is 11.2. The van der Waals surface area contributed by atoms with Gasteiger partial charge in [0.2, 0.25) is 0 Å². The van der Waals surface area contributed by atoms with Crippen molar-refractivity contribution in [3.8, 4) is 5.75 Å². The van der Waals surface area contributed by atoms with Crippen molar-refractivity contribution >= 4 is 22.6 Å². The van der Waals surface area contributed by atoms with Crippen LogP contribution in [0.15, 0.2) is 53.3 Å². The monoisotopic (exact) mass is 464 g/mol. The smallest absolute Gasteiger partial charge is 0.322 e. The number of hydrogen-bond donors (Lipinski definition) is 2. The summed E-state index contributed by atoms with van der Waals surface area (Å²) in [5, 5.41) is 3.89. The van der Waals surface area contributed by atoms with Crippen molar-refractivity contribution in [1.29, 1.82) is 0 Å². The van der Waals surface area contributed by atoms with Gasteiger partial charge in [-0.25, -0.2) is 4.79 Å². The molecular weight excluding hydrogens is 432 g/mol. The molecule has 0 aliphatic carbocycles. The van der Waals surface area contributed by atoms with E-state index in [9.17, 15) is 9.59 Å². The number of para-hydroxylation sites is 2. The number of aromatic nitrogens is 1. The Morgan fingerprint density at radius 1 is 1.18 bits per heavy atom. The predicted octanol–water partition coefficient (Wildman–Crippen LogP) is 3.60. The van der Waals surface area contributed by atoms with Gasteiger partial charge >= 0.3 is 6.03 Å². The first kappa shape index (κ1) is 23.8. The molecule has 180 valence electrons. The van der Waals surface area contributed by atoms with Gasteiger partial charge in [0.05, 0.1) is 32.6 Å². The standard InChI is InChI=1S/C26H32N4O4/c1-19-8-9-20-17-21(25(31)27-23(20)16-19)18-30(11-5-10-29-12-14-34-15-13-29)26(32)28-22-6-3-4-7-24(22)33-2/h3-4,6-9,16-17H,5,10-15,18H2,1-2H3,(H,27,31)(H,28,32). The largest absolute Gasteiger partial charge is 0.495 e. The third-order valence-corrected chi connectivity index (χ3v) is 6.08. The second-order valence-corrected chi connectivity index (χ2v) is 8.57. The summed E-state index contributed by atoms with van der Waals surface area (Å²) in [6, 6.07) is 14.9. The van der Waals surface area contributed by atoms with E-state index in [0.29, 0.717) is 23.5 Å². The quantitative estimate of drug-likeness (QED) is 0.532. The number of H-pyrrole nitrogens is 1. The van der Waals surface area contributed by atoms with E-state index in [0.717, 1.165) is 55.7 Å². The molecule has 0 saturated carbocycles. The molecule has 3 aromatic rings. The van der Waals surface area contributed by atoms with Crippen LogP contribution in [0.4, 0.5) is 10.5 Å². The number of urea groups is 1. The number of morpholine rings is 1. The number of nitrogens with zero attached hydrogens (tertiary/aromatic N) is 2. The van der Waals surface area contributed by atoms with Crippen LogP contribution < -0.4 is 15.6 Å². The third-order valence-electron chi connectivity index (χ3n) is 6.08. The van der Waals surface area contributed by atoms with Crippen molar-refractivity contribution in [3.63, 3.8) is 0 Å². The van der Waals surface area contributed by atoms with Crippen LogP contribution in [-0.2, 0) is 11.3 Å². The Morgan fingerprint density at radius 2 is 1.97 bits per heavy atom. The molecule has 1 saturated heterocycles. The Kier molecular flexibility index (Phi) is 7.82. The SMILES string of the molecule is COc1ccccc1NC(=O)N(CCCN1CCOCC1)Cc1cc2ccc(C)cc2[nH]c1=O. The van der Waals surface area contributed by atoms with Crippen molar-refractivity contribution in [3.05, 3.63) is 70.0 Å². The van der Waals surface area contributed by atoms with E-state index in [-0.39, 0.29) is 18.1 Å². The molecule has 2 amide bonds. The van der Waals surface area contributed by atoms with Gasteiger partial charge in [-0.2, -0.15) is 0 Å². The molecule has 0 atom stereocenters. The van der Waals surface area contributed by atoms with E-state index in [2.05, 4.69) is 15.2 Å². The first-order valence-electron chi connectivity index (χ1n) is 11.6. The molecule has 0 radical (unpaired) electrons. The van der Waals surface area contributed by atoms with Crippen LogP contribution in [0.25, 0.3) is 10.9 Å². The molecule has 0 unspecified atom stereocenters. The molecular formula is C26H32N4O4. The van der Waals surface area contributed by atoms with Gasteiger partial charge in [-0.1, -0.05) is 24.3 Å². The first-order valence-corrected chi connectivity index (χ1v) is 11.6. The lowest BCUT2D eigenvalue weighted by Crippen LogP contribution is -2.40. The molecule has 1 fully saturated rings. The van der Waals surface area contributed by atoms with Gasteiger partial charge in [0, 0.05) is 37.3 Å². The van der Waals surface area contributed by atoms with Gasteiger partial charge in [0.15, 0.2) is 0 Å². The fourth-order valence-corrected chi connectivity index (χ4v) is 4.19. The number of aryl methyl sites for hydroxylation is 1.